The lowest BCUT2D eigenvalue weighted by Gasteiger charge is -2.15. The van der Waals surface area contributed by atoms with Crippen LogP contribution in [0.4, 0.5) is 5.82 Å². The van der Waals surface area contributed by atoms with E-state index >= 15 is 0 Å². The fraction of sp³-hybridized carbons (Fsp3) is 0.278. The lowest BCUT2D eigenvalue weighted by molar-refractivity contribution is 0.0949. The number of oxazole rings is 1. The van der Waals surface area contributed by atoms with Crippen molar-refractivity contribution < 1.29 is 9.21 Å². The lowest BCUT2D eigenvalue weighted by atomic mass is 10.2. The Balaban J connectivity index is 1.36. The van der Waals surface area contributed by atoms with Gasteiger partial charge in [0.2, 0.25) is 0 Å². The molecule has 28 heavy (non-hydrogen) atoms. The molecule has 10 nitrogen and oxygen atoms in total. The molecule has 1 aromatic carbocycles. The molecule has 4 aromatic rings. The minimum Gasteiger partial charge on any atom is -0.408 e. The summed E-state index contributed by atoms with van der Waals surface area (Å²) in [6, 6.07) is 8.59. The fourth-order valence-electron chi connectivity index (χ4n) is 3.40. The Morgan fingerprint density at radius 2 is 2.04 bits per heavy atom. The van der Waals surface area contributed by atoms with Gasteiger partial charge in [0, 0.05) is 18.7 Å². The van der Waals surface area contributed by atoms with E-state index in [-0.39, 0.29) is 12.5 Å². The Morgan fingerprint density at radius 1 is 1.18 bits per heavy atom. The van der Waals surface area contributed by atoms with Gasteiger partial charge in [-0.1, -0.05) is 0 Å². The van der Waals surface area contributed by atoms with Gasteiger partial charge in [0.05, 0.1) is 12.1 Å². The standard InChI is InChI=1S/C18H17N7O3/c26-17(11-3-4-12-13(9-11)28-18(27)20-12)19-10-16-22-21-14-5-6-15(23-25(14)16)24-7-1-2-8-24/h3-6,9H,1-2,7-8,10H2,(H,19,26)(H,20,27). The Morgan fingerprint density at radius 3 is 2.89 bits per heavy atom. The number of hydrogen-bond acceptors (Lipinski definition) is 7. The number of aromatic nitrogens is 5. The Hall–Kier alpha value is -3.69. The summed E-state index contributed by atoms with van der Waals surface area (Å²) < 4.78 is 6.65. The maximum atomic E-state index is 12.5. The largest absolute Gasteiger partial charge is 0.417 e. The van der Waals surface area contributed by atoms with Crippen molar-refractivity contribution in [3.8, 4) is 0 Å². The third-order valence-corrected chi connectivity index (χ3v) is 4.83. The van der Waals surface area contributed by atoms with Crippen LogP contribution in [0.15, 0.2) is 39.5 Å². The van der Waals surface area contributed by atoms with Gasteiger partial charge in [0.15, 0.2) is 17.1 Å². The molecule has 0 atom stereocenters. The van der Waals surface area contributed by atoms with Gasteiger partial charge in [0.25, 0.3) is 5.91 Å². The van der Waals surface area contributed by atoms with Crippen LogP contribution >= 0.6 is 0 Å². The highest BCUT2D eigenvalue weighted by atomic mass is 16.4. The number of amides is 1. The first-order chi connectivity index (χ1) is 13.7. The van der Waals surface area contributed by atoms with Crippen LogP contribution in [0, 0.1) is 0 Å². The van der Waals surface area contributed by atoms with Gasteiger partial charge in [-0.15, -0.1) is 15.3 Å². The second kappa shape index (κ2) is 6.48. The predicted octanol–water partition coefficient (Wildman–Crippen LogP) is 1.09. The molecule has 3 aromatic heterocycles. The van der Waals surface area contributed by atoms with Crippen molar-refractivity contribution in [3.63, 3.8) is 0 Å². The normalized spacial score (nSPS) is 14.2. The number of nitrogens with one attached hydrogen (secondary N) is 2. The molecule has 0 spiro atoms. The topological polar surface area (TPSA) is 121 Å². The van der Waals surface area contributed by atoms with E-state index in [4.69, 9.17) is 4.42 Å². The highest BCUT2D eigenvalue weighted by Crippen LogP contribution is 2.18. The highest BCUT2D eigenvalue weighted by Gasteiger charge is 2.16. The van der Waals surface area contributed by atoms with E-state index in [1.165, 1.54) is 6.07 Å². The van der Waals surface area contributed by atoms with E-state index in [2.05, 4.69) is 30.5 Å². The van der Waals surface area contributed by atoms with E-state index in [0.29, 0.717) is 28.1 Å². The molecule has 1 fully saturated rings. The number of carbonyl (C=O) groups is 1. The fourth-order valence-corrected chi connectivity index (χ4v) is 3.40. The zero-order chi connectivity index (χ0) is 19.1. The molecule has 0 bridgehead atoms. The van der Waals surface area contributed by atoms with Crippen LogP contribution in [-0.2, 0) is 6.54 Å². The van der Waals surface area contributed by atoms with Gasteiger partial charge in [-0.3, -0.25) is 9.78 Å². The SMILES string of the molecule is O=C(NCc1nnc2ccc(N3CCCC3)nn12)c1ccc2[nH]c(=O)oc2c1. The summed E-state index contributed by atoms with van der Waals surface area (Å²) in [6.07, 6.45) is 2.33. The van der Waals surface area contributed by atoms with Crippen molar-refractivity contribution in [2.45, 2.75) is 19.4 Å². The molecule has 4 heterocycles. The van der Waals surface area contributed by atoms with Crippen LogP contribution < -0.4 is 16.0 Å². The summed E-state index contributed by atoms with van der Waals surface area (Å²) in [6.45, 7) is 2.15. The van der Waals surface area contributed by atoms with Crippen LogP contribution in [0.25, 0.3) is 16.7 Å². The second-order valence-electron chi connectivity index (χ2n) is 6.68. The summed E-state index contributed by atoms with van der Waals surface area (Å²) in [4.78, 5) is 28.5. The number of aromatic amines is 1. The first-order valence-corrected chi connectivity index (χ1v) is 9.05. The maximum Gasteiger partial charge on any atom is 0.417 e. The number of H-pyrrole nitrogens is 1. The highest BCUT2D eigenvalue weighted by molar-refractivity contribution is 5.96. The minimum absolute atomic E-state index is 0.172. The Bertz CT molecular complexity index is 1230. The maximum absolute atomic E-state index is 12.5. The summed E-state index contributed by atoms with van der Waals surface area (Å²) in [5.74, 6) is 0.560. The molecule has 1 saturated heterocycles. The summed E-state index contributed by atoms with van der Waals surface area (Å²) in [5, 5.41) is 15.7. The van der Waals surface area contributed by atoms with Gasteiger partial charge >= 0.3 is 5.76 Å². The molecule has 0 aliphatic carbocycles. The van der Waals surface area contributed by atoms with Crippen LogP contribution in [0.5, 0.6) is 0 Å². The first-order valence-electron chi connectivity index (χ1n) is 9.05. The number of rotatable bonds is 4. The van der Waals surface area contributed by atoms with Crippen molar-refractivity contribution in [2.75, 3.05) is 18.0 Å². The third kappa shape index (κ3) is 2.88. The van der Waals surface area contributed by atoms with Crippen LogP contribution in [0.2, 0.25) is 0 Å². The van der Waals surface area contributed by atoms with Gasteiger partial charge in [0.1, 0.15) is 5.82 Å². The molecule has 2 N–H and O–H groups in total. The average molecular weight is 379 g/mol. The average Bonchev–Trinajstić information content (AvgIpc) is 3.43. The lowest BCUT2D eigenvalue weighted by Crippen LogP contribution is -2.25. The van der Waals surface area contributed by atoms with Crippen LogP contribution in [0.3, 0.4) is 0 Å². The molecule has 0 radical (unpaired) electrons. The van der Waals surface area contributed by atoms with Crippen molar-refractivity contribution in [3.05, 3.63) is 52.3 Å². The van der Waals surface area contributed by atoms with E-state index in [9.17, 15) is 9.59 Å². The van der Waals surface area contributed by atoms with E-state index in [1.807, 2.05) is 12.1 Å². The molecule has 1 aliphatic rings. The van der Waals surface area contributed by atoms with E-state index in [0.717, 1.165) is 31.7 Å². The van der Waals surface area contributed by atoms with Crippen molar-refractivity contribution in [1.82, 2.24) is 30.1 Å². The molecular weight excluding hydrogens is 362 g/mol. The molecular formula is C18H17N7O3. The first kappa shape index (κ1) is 16.5. The molecule has 0 unspecified atom stereocenters. The smallest absolute Gasteiger partial charge is 0.408 e. The Labute approximate surface area is 158 Å². The van der Waals surface area contributed by atoms with Crippen molar-refractivity contribution in [2.24, 2.45) is 0 Å². The second-order valence-corrected chi connectivity index (χ2v) is 6.68. The Kier molecular flexibility index (Phi) is 3.81. The molecule has 10 heteroatoms. The molecule has 0 saturated carbocycles. The zero-order valence-corrected chi connectivity index (χ0v) is 14.9. The summed E-state index contributed by atoms with van der Waals surface area (Å²) in [7, 11) is 0. The van der Waals surface area contributed by atoms with Gasteiger partial charge < -0.3 is 14.6 Å². The zero-order valence-electron chi connectivity index (χ0n) is 14.9. The molecule has 1 amide bonds. The number of carbonyl (C=O) groups excluding carboxylic acids is 1. The molecule has 142 valence electrons. The summed E-state index contributed by atoms with van der Waals surface area (Å²) in [5.41, 5.74) is 1.89. The van der Waals surface area contributed by atoms with E-state index in [1.54, 1.807) is 16.6 Å². The minimum atomic E-state index is -0.553. The quantitative estimate of drug-likeness (QED) is 0.544. The number of anilines is 1. The van der Waals surface area contributed by atoms with Gasteiger partial charge in [-0.05, 0) is 43.2 Å². The molecule has 5 rings (SSSR count). The van der Waals surface area contributed by atoms with E-state index < -0.39 is 5.76 Å². The molecule has 1 aliphatic heterocycles. The van der Waals surface area contributed by atoms with Crippen molar-refractivity contribution >= 4 is 28.5 Å². The van der Waals surface area contributed by atoms with Gasteiger partial charge in [-0.2, -0.15) is 4.52 Å². The number of nitrogens with zero attached hydrogens (tertiary/aromatic N) is 5. The summed E-state index contributed by atoms with van der Waals surface area (Å²) >= 11 is 0. The van der Waals surface area contributed by atoms with Crippen LogP contribution in [0.1, 0.15) is 29.0 Å². The predicted molar refractivity (Wildman–Crippen MR) is 100 cm³/mol. The number of benzene rings is 1. The van der Waals surface area contributed by atoms with Crippen molar-refractivity contribution in [1.29, 1.82) is 0 Å². The van der Waals surface area contributed by atoms with Crippen LogP contribution in [-0.4, -0.2) is 43.8 Å². The van der Waals surface area contributed by atoms with Gasteiger partial charge in [-0.25, -0.2) is 4.79 Å². The number of hydrogen-bond donors (Lipinski definition) is 2. The number of fused-ring (bicyclic) bond motifs is 2. The third-order valence-electron chi connectivity index (χ3n) is 4.83. The monoisotopic (exact) mass is 379 g/mol.